The van der Waals surface area contributed by atoms with E-state index in [4.69, 9.17) is 0 Å². The molecule has 0 saturated heterocycles. The summed E-state index contributed by atoms with van der Waals surface area (Å²) < 4.78 is 0. The SMILES string of the molecule is CCC(O)C(=O)Cc1ccncc1. The van der Waals surface area contributed by atoms with Gasteiger partial charge in [0, 0.05) is 18.8 Å². The standard InChI is InChI=1S/C10H13NO2/c1-2-9(12)10(13)7-8-3-5-11-6-4-8/h3-6,9,12H,2,7H2,1H3. The van der Waals surface area contributed by atoms with Crippen LogP contribution in [-0.4, -0.2) is 22.0 Å². The number of aliphatic hydroxyl groups is 1. The minimum absolute atomic E-state index is 0.131. The molecule has 0 aliphatic rings. The molecule has 1 aromatic heterocycles. The fourth-order valence-electron chi connectivity index (χ4n) is 1.05. The fourth-order valence-corrected chi connectivity index (χ4v) is 1.05. The zero-order chi connectivity index (χ0) is 9.68. The molecule has 1 N–H and O–H groups in total. The second-order valence-electron chi connectivity index (χ2n) is 2.92. The maximum atomic E-state index is 11.3. The molecule has 0 aliphatic carbocycles. The van der Waals surface area contributed by atoms with Crippen molar-refractivity contribution in [2.24, 2.45) is 0 Å². The maximum Gasteiger partial charge on any atom is 0.165 e. The normalized spacial score (nSPS) is 12.5. The van der Waals surface area contributed by atoms with Crippen molar-refractivity contribution in [3.63, 3.8) is 0 Å². The Balaban J connectivity index is 2.55. The third kappa shape index (κ3) is 2.95. The maximum absolute atomic E-state index is 11.3. The number of nitrogens with zero attached hydrogens (tertiary/aromatic N) is 1. The molecule has 0 spiro atoms. The molecule has 3 nitrogen and oxygen atoms in total. The average Bonchev–Trinajstić information content (AvgIpc) is 2.18. The highest BCUT2D eigenvalue weighted by molar-refractivity contribution is 5.84. The molecular weight excluding hydrogens is 166 g/mol. The molecule has 0 aliphatic heterocycles. The van der Waals surface area contributed by atoms with Gasteiger partial charge in [-0.15, -0.1) is 0 Å². The second kappa shape index (κ2) is 4.72. The molecule has 0 amide bonds. The van der Waals surface area contributed by atoms with Gasteiger partial charge >= 0.3 is 0 Å². The van der Waals surface area contributed by atoms with Crippen LogP contribution in [0.25, 0.3) is 0 Å². The molecule has 0 fully saturated rings. The first-order chi connectivity index (χ1) is 6.24. The van der Waals surface area contributed by atoms with Crippen LogP contribution in [0.2, 0.25) is 0 Å². The van der Waals surface area contributed by atoms with Crippen LogP contribution in [0.3, 0.4) is 0 Å². The number of aromatic nitrogens is 1. The van der Waals surface area contributed by atoms with Gasteiger partial charge in [-0.2, -0.15) is 0 Å². The van der Waals surface area contributed by atoms with Crippen LogP contribution >= 0.6 is 0 Å². The van der Waals surface area contributed by atoms with Gasteiger partial charge in [-0.05, 0) is 24.1 Å². The van der Waals surface area contributed by atoms with Crippen molar-refractivity contribution in [2.75, 3.05) is 0 Å². The van der Waals surface area contributed by atoms with Crippen molar-refractivity contribution < 1.29 is 9.90 Å². The summed E-state index contributed by atoms with van der Waals surface area (Å²) in [7, 11) is 0. The number of hydrogen-bond acceptors (Lipinski definition) is 3. The van der Waals surface area contributed by atoms with E-state index in [1.807, 2.05) is 0 Å². The van der Waals surface area contributed by atoms with E-state index in [2.05, 4.69) is 4.98 Å². The van der Waals surface area contributed by atoms with Crippen molar-refractivity contribution >= 4 is 5.78 Å². The molecule has 1 unspecified atom stereocenters. The number of aliphatic hydroxyl groups excluding tert-OH is 1. The first-order valence-corrected chi connectivity index (χ1v) is 4.33. The minimum atomic E-state index is -0.826. The largest absolute Gasteiger partial charge is 0.385 e. The van der Waals surface area contributed by atoms with Gasteiger partial charge < -0.3 is 5.11 Å². The summed E-state index contributed by atoms with van der Waals surface area (Å²) in [6, 6.07) is 3.56. The third-order valence-electron chi connectivity index (χ3n) is 1.89. The molecule has 1 atom stereocenters. The summed E-state index contributed by atoms with van der Waals surface area (Å²) in [4.78, 5) is 15.1. The van der Waals surface area contributed by atoms with Gasteiger partial charge in [-0.3, -0.25) is 9.78 Å². The molecule has 0 saturated carbocycles. The van der Waals surface area contributed by atoms with E-state index >= 15 is 0 Å². The monoisotopic (exact) mass is 179 g/mol. The first-order valence-electron chi connectivity index (χ1n) is 4.33. The van der Waals surface area contributed by atoms with E-state index < -0.39 is 6.10 Å². The Hall–Kier alpha value is -1.22. The molecular formula is C10H13NO2. The van der Waals surface area contributed by atoms with Crippen LogP contribution in [0.15, 0.2) is 24.5 Å². The van der Waals surface area contributed by atoms with Gasteiger partial charge in [0.2, 0.25) is 0 Å². The van der Waals surface area contributed by atoms with Crippen molar-refractivity contribution in [1.82, 2.24) is 4.98 Å². The number of ketones is 1. The summed E-state index contributed by atoms with van der Waals surface area (Å²) >= 11 is 0. The van der Waals surface area contributed by atoms with E-state index in [9.17, 15) is 9.90 Å². The van der Waals surface area contributed by atoms with Gasteiger partial charge in [0.1, 0.15) is 6.10 Å². The van der Waals surface area contributed by atoms with Crippen LogP contribution in [0.5, 0.6) is 0 Å². The van der Waals surface area contributed by atoms with Crippen LogP contribution in [0.1, 0.15) is 18.9 Å². The number of rotatable bonds is 4. The van der Waals surface area contributed by atoms with Crippen molar-refractivity contribution in [3.8, 4) is 0 Å². The molecule has 1 rings (SSSR count). The Morgan fingerprint density at radius 2 is 2.15 bits per heavy atom. The van der Waals surface area contributed by atoms with Gasteiger partial charge in [0.15, 0.2) is 5.78 Å². The Bertz CT molecular complexity index is 272. The smallest absolute Gasteiger partial charge is 0.165 e. The molecule has 0 radical (unpaired) electrons. The van der Waals surface area contributed by atoms with Gasteiger partial charge in [-0.25, -0.2) is 0 Å². The summed E-state index contributed by atoms with van der Waals surface area (Å²) in [6.07, 6.45) is 3.22. The second-order valence-corrected chi connectivity index (χ2v) is 2.92. The summed E-state index contributed by atoms with van der Waals surface area (Å²) in [6.45, 7) is 1.79. The van der Waals surface area contributed by atoms with Crippen LogP contribution < -0.4 is 0 Å². The average molecular weight is 179 g/mol. The highest BCUT2D eigenvalue weighted by Crippen LogP contribution is 2.02. The predicted octanol–water partition coefficient (Wildman–Crippen LogP) is 0.964. The van der Waals surface area contributed by atoms with Crippen molar-refractivity contribution in [2.45, 2.75) is 25.9 Å². The molecule has 0 aromatic carbocycles. The van der Waals surface area contributed by atoms with Crippen LogP contribution in [-0.2, 0) is 11.2 Å². The van der Waals surface area contributed by atoms with Crippen LogP contribution in [0.4, 0.5) is 0 Å². The molecule has 0 bridgehead atoms. The summed E-state index contributed by atoms with van der Waals surface area (Å²) in [5, 5.41) is 9.22. The number of Topliss-reactive ketones (excluding diaryl/α,β-unsaturated/α-hetero) is 1. The Morgan fingerprint density at radius 3 is 2.69 bits per heavy atom. The molecule has 1 aromatic rings. The highest BCUT2D eigenvalue weighted by Gasteiger charge is 2.12. The lowest BCUT2D eigenvalue weighted by Crippen LogP contribution is -2.21. The summed E-state index contributed by atoms with van der Waals surface area (Å²) in [5.74, 6) is -0.131. The van der Waals surface area contributed by atoms with Crippen molar-refractivity contribution in [1.29, 1.82) is 0 Å². The van der Waals surface area contributed by atoms with Crippen molar-refractivity contribution in [3.05, 3.63) is 30.1 Å². The molecule has 13 heavy (non-hydrogen) atoms. The number of hydrogen-bond donors (Lipinski definition) is 1. The number of carbonyl (C=O) groups excluding carboxylic acids is 1. The van der Waals surface area contributed by atoms with E-state index in [1.165, 1.54) is 0 Å². The Kier molecular flexibility index (Phi) is 3.58. The molecule has 3 heteroatoms. The number of carbonyl (C=O) groups is 1. The summed E-state index contributed by atoms with van der Waals surface area (Å²) in [5.41, 5.74) is 0.896. The predicted molar refractivity (Wildman–Crippen MR) is 49.2 cm³/mol. The van der Waals surface area contributed by atoms with E-state index in [0.717, 1.165) is 5.56 Å². The Labute approximate surface area is 77.4 Å². The van der Waals surface area contributed by atoms with Gasteiger partial charge in [0.05, 0.1) is 0 Å². The fraction of sp³-hybridized carbons (Fsp3) is 0.400. The van der Waals surface area contributed by atoms with E-state index in [0.29, 0.717) is 6.42 Å². The lowest BCUT2D eigenvalue weighted by molar-refractivity contribution is -0.126. The zero-order valence-corrected chi connectivity index (χ0v) is 7.60. The van der Waals surface area contributed by atoms with Gasteiger partial charge in [0.25, 0.3) is 0 Å². The quantitative estimate of drug-likeness (QED) is 0.749. The first kappa shape index (κ1) is 9.86. The minimum Gasteiger partial charge on any atom is -0.385 e. The third-order valence-corrected chi connectivity index (χ3v) is 1.89. The van der Waals surface area contributed by atoms with Crippen LogP contribution in [0, 0.1) is 0 Å². The number of pyridine rings is 1. The lowest BCUT2D eigenvalue weighted by Gasteiger charge is -2.05. The molecule has 70 valence electrons. The van der Waals surface area contributed by atoms with Gasteiger partial charge in [-0.1, -0.05) is 6.92 Å². The topological polar surface area (TPSA) is 50.2 Å². The molecule has 1 heterocycles. The Morgan fingerprint density at radius 1 is 1.54 bits per heavy atom. The van der Waals surface area contributed by atoms with E-state index in [-0.39, 0.29) is 12.2 Å². The zero-order valence-electron chi connectivity index (χ0n) is 7.60. The lowest BCUT2D eigenvalue weighted by atomic mass is 10.1. The van der Waals surface area contributed by atoms with E-state index in [1.54, 1.807) is 31.5 Å². The highest BCUT2D eigenvalue weighted by atomic mass is 16.3.